The van der Waals surface area contributed by atoms with Crippen LogP contribution in [0, 0.1) is 5.41 Å². The van der Waals surface area contributed by atoms with Crippen LogP contribution in [-0.2, 0) is 9.53 Å². The van der Waals surface area contributed by atoms with Gasteiger partial charge in [-0.25, -0.2) is 0 Å². The molecule has 1 fully saturated rings. The highest BCUT2D eigenvalue weighted by molar-refractivity contribution is 5.80. The molecule has 0 saturated heterocycles. The van der Waals surface area contributed by atoms with Crippen molar-refractivity contribution in [2.45, 2.75) is 45.6 Å². The van der Waals surface area contributed by atoms with Gasteiger partial charge in [-0.3, -0.25) is 4.79 Å². The monoisotopic (exact) mass is 212 g/mol. The topological polar surface area (TPSA) is 46.5 Å². The van der Waals surface area contributed by atoms with Gasteiger partial charge in [-0.15, -0.1) is 0 Å². The van der Waals surface area contributed by atoms with Gasteiger partial charge < -0.3 is 9.84 Å². The molecule has 0 radical (unpaired) electrons. The molecule has 0 aromatic heterocycles. The van der Waals surface area contributed by atoms with Crippen LogP contribution in [0.5, 0.6) is 0 Å². The second-order valence-electron chi connectivity index (χ2n) is 5.14. The molecule has 1 aliphatic rings. The molecule has 15 heavy (non-hydrogen) atoms. The van der Waals surface area contributed by atoms with E-state index in [0.29, 0.717) is 6.42 Å². The largest absolute Gasteiger partial charge is 0.460 e. The van der Waals surface area contributed by atoms with Crippen LogP contribution in [0.2, 0.25) is 0 Å². The number of rotatable bonds is 4. The molecular formula is C12H20O3. The predicted octanol–water partition coefficient (Wildman–Crippen LogP) is 2.05. The number of hydrogen-bond donors (Lipinski definition) is 1. The Morgan fingerprint density at radius 2 is 2.00 bits per heavy atom. The number of hydrogen-bond acceptors (Lipinski definition) is 3. The number of ether oxygens (including phenoxy) is 1. The molecule has 3 heteroatoms. The van der Waals surface area contributed by atoms with E-state index in [2.05, 4.69) is 0 Å². The normalized spacial score (nSPS) is 19.2. The summed E-state index contributed by atoms with van der Waals surface area (Å²) in [6.07, 6.45) is 6.01. The zero-order valence-electron chi connectivity index (χ0n) is 9.75. The summed E-state index contributed by atoms with van der Waals surface area (Å²) in [7, 11) is 0. The Morgan fingerprint density at radius 1 is 1.40 bits per heavy atom. The van der Waals surface area contributed by atoms with Gasteiger partial charge in [0.25, 0.3) is 0 Å². The van der Waals surface area contributed by atoms with Crippen LogP contribution in [0.4, 0.5) is 0 Å². The van der Waals surface area contributed by atoms with E-state index < -0.39 is 5.60 Å². The Bertz CT molecular complexity index is 257. The summed E-state index contributed by atoms with van der Waals surface area (Å²) >= 11 is 0. The summed E-state index contributed by atoms with van der Waals surface area (Å²) in [4.78, 5) is 11.8. The molecule has 0 aliphatic heterocycles. The van der Waals surface area contributed by atoms with Gasteiger partial charge in [-0.2, -0.15) is 0 Å². The summed E-state index contributed by atoms with van der Waals surface area (Å²) in [5.41, 5.74) is -0.702. The van der Waals surface area contributed by atoms with Crippen LogP contribution in [0.15, 0.2) is 12.2 Å². The number of esters is 1. The van der Waals surface area contributed by atoms with E-state index in [0.717, 1.165) is 12.8 Å². The lowest BCUT2D eigenvalue weighted by Gasteiger charge is -2.23. The summed E-state index contributed by atoms with van der Waals surface area (Å²) in [6, 6.07) is 0. The van der Waals surface area contributed by atoms with Crippen molar-refractivity contribution in [1.29, 1.82) is 0 Å². The van der Waals surface area contributed by atoms with Crippen LogP contribution in [0.1, 0.15) is 40.0 Å². The van der Waals surface area contributed by atoms with Crippen LogP contribution >= 0.6 is 0 Å². The highest BCUT2D eigenvalue weighted by Gasteiger charge is 2.51. The lowest BCUT2D eigenvalue weighted by atomic mass is 10.0. The molecule has 0 spiro atoms. The Balaban J connectivity index is 2.48. The third-order valence-electron chi connectivity index (χ3n) is 2.47. The second-order valence-corrected chi connectivity index (χ2v) is 5.14. The molecule has 0 heterocycles. The van der Waals surface area contributed by atoms with E-state index in [4.69, 9.17) is 9.84 Å². The van der Waals surface area contributed by atoms with E-state index in [1.807, 2.05) is 26.8 Å². The molecular weight excluding hydrogens is 192 g/mol. The summed E-state index contributed by atoms with van der Waals surface area (Å²) in [5.74, 6) is -0.0995. The van der Waals surface area contributed by atoms with E-state index in [9.17, 15) is 4.79 Å². The molecule has 1 rings (SSSR count). The third kappa shape index (κ3) is 3.67. The van der Waals surface area contributed by atoms with E-state index >= 15 is 0 Å². The molecule has 86 valence electrons. The van der Waals surface area contributed by atoms with Crippen molar-refractivity contribution in [3.8, 4) is 0 Å². The first-order chi connectivity index (χ1) is 6.90. The minimum atomic E-state index is -0.409. The highest BCUT2D eigenvalue weighted by atomic mass is 16.6. The van der Waals surface area contributed by atoms with Gasteiger partial charge >= 0.3 is 5.97 Å². The van der Waals surface area contributed by atoms with E-state index in [1.165, 1.54) is 0 Å². The van der Waals surface area contributed by atoms with Crippen molar-refractivity contribution in [2.24, 2.45) is 5.41 Å². The quantitative estimate of drug-likeness (QED) is 0.573. The van der Waals surface area contributed by atoms with E-state index in [1.54, 1.807) is 6.08 Å². The number of carbonyl (C=O) groups is 1. The van der Waals surface area contributed by atoms with Gasteiger partial charge in [0, 0.05) is 0 Å². The minimum absolute atomic E-state index is 0.0321. The molecule has 0 aromatic carbocycles. The maximum Gasteiger partial charge on any atom is 0.312 e. The van der Waals surface area contributed by atoms with Gasteiger partial charge in [0.15, 0.2) is 0 Å². The van der Waals surface area contributed by atoms with Gasteiger partial charge in [-0.1, -0.05) is 12.2 Å². The minimum Gasteiger partial charge on any atom is -0.460 e. The third-order valence-corrected chi connectivity index (χ3v) is 2.47. The van der Waals surface area contributed by atoms with Crippen LogP contribution < -0.4 is 0 Å². The Hall–Kier alpha value is -0.830. The summed E-state index contributed by atoms with van der Waals surface area (Å²) < 4.78 is 5.36. The van der Waals surface area contributed by atoms with Crippen molar-refractivity contribution in [3.63, 3.8) is 0 Å². The van der Waals surface area contributed by atoms with E-state index in [-0.39, 0.29) is 18.0 Å². The first kappa shape index (κ1) is 12.2. The maximum absolute atomic E-state index is 11.8. The fourth-order valence-electron chi connectivity index (χ4n) is 1.41. The first-order valence-electron chi connectivity index (χ1n) is 5.39. The number of allylic oxidation sites excluding steroid dienone is 1. The number of aliphatic hydroxyl groups excluding tert-OH is 1. The number of aliphatic hydroxyl groups is 1. The lowest BCUT2D eigenvalue weighted by molar-refractivity contribution is -0.161. The van der Waals surface area contributed by atoms with Crippen LogP contribution in [0.25, 0.3) is 0 Å². The lowest BCUT2D eigenvalue weighted by Crippen LogP contribution is -2.29. The Labute approximate surface area is 91.1 Å². The predicted molar refractivity (Wildman–Crippen MR) is 58.4 cm³/mol. The number of carbonyl (C=O) groups excluding carboxylic acids is 1. The molecule has 0 bridgehead atoms. The van der Waals surface area contributed by atoms with Gasteiger partial charge in [0.2, 0.25) is 0 Å². The average Bonchev–Trinajstić information content (AvgIpc) is 2.83. The van der Waals surface area contributed by atoms with Crippen molar-refractivity contribution in [1.82, 2.24) is 0 Å². The second kappa shape index (κ2) is 4.35. The molecule has 0 amide bonds. The van der Waals surface area contributed by atoms with Gasteiger partial charge in [0.1, 0.15) is 5.60 Å². The fourth-order valence-corrected chi connectivity index (χ4v) is 1.41. The standard InChI is InChI=1S/C12H20O3/c1-11(2,3)15-10(14)12(7-8-12)6-4-5-9-13/h4-5,13H,6-9H2,1-3H3. The smallest absolute Gasteiger partial charge is 0.312 e. The molecule has 3 nitrogen and oxygen atoms in total. The van der Waals surface area contributed by atoms with Gasteiger partial charge in [0.05, 0.1) is 12.0 Å². The molecule has 1 saturated carbocycles. The molecule has 0 atom stereocenters. The van der Waals surface area contributed by atoms with Crippen molar-refractivity contribution < 1.29 is 14.6 Å². The van der Waals surface area contributed by atoms with Crippen molar-refractivity contribution >= 4 is 5.97 Å². The average molecular weight is 212 g/mol. The maximum atomic E-state index is 11.8. The van der Waals surface area contributed by atoms with Crippen molar-refractivity contribution in [3.05, 3.63) is 12.2 Å². The zero-order valence-corrected chi connectivity index (χ0v) is 9.75. The molecule has 1 aliphatic carbocycles. The Morgan fingerprint density at radius 3 is 2.40 bits per heavy atom. The Kier molecular flexibility index (Phi) is 3.55. The van der Waals surface area contributed by atoms with Gasteiger partial charge in [-0.05, 0) is 40.0 Å². The SMILES string of the molecule is CC(C)(C)OC(=O)C1(CC=CCO)CC1. The molecule has 0 unspecified atom stereocenters. The molecule has 0 aromatic rings. The van der Waals surface area contributed by atoms with Crippen molar-refractivity contribution in [2.75, 3.05) is 6.61 Å². The van der Waals surface area contributed by atoms with Crippen LogP contribution in [0.3, 0.4) is 0 Å². The summed E-state index contributed by atoms with van der Waals surface area (Å²) in [6.45, 7) is 5.67. The first-order valence-corrected chi connectivity index (χ1v) is 5.39. The zero-order chi connectivity index (χ0) is 11.5. The van der Waals surface area contributed by atoms with Crippen LogP contribution in [-0.4, -0.2) is 23.3 Å². The summed E-state index contributed by atoms with van der Waals surface area (Å²) in [5, 5.41) is 8.61. The molecule has 1 N–H and O–H groups in total. The fraction of sp³-hybridized carbons (Fsp3) is 0.750. The highest BCUT2D eigenvalue weighted by Crippen LogP contribution is 2.50.